The number of anilines is 1. The van der Waals surface area contributed by atoms with Crippen molar-refractivity contribution < 1.29 is 40.7 Å². The van der Waals surface area contributed by atoms with Gasteiger partial charge in [0, 0.05) is 35.6 Å². The largest absolute Gasteiger partial charge is 0.442 e. The first-order valence-electron chi connectivity index (χ1n) is 12.1. The molecule has 4 nitrogen and oxygen atoms in total. The maximum atomic E-state index is 15.1. The minimum Gasteiger partial charge on any atom is -0.326 e. The number of hydrogen-bond acceptors (Lipinski definition) is 4. The lowest BCUT2D eigenvalue weighted by Gasteiger charge is -2.12. The predicted octanol–water partition coefficient (Wildman–Crippen LogP) is 8.73. The van der Waals surface area contributed by atoms with Crippen LogP contribution in [0, 0.1) is 23.4 Å². The topological polar surface area (TPSA) is 63.2 Å². The van der Waals surface area contributed by atoms with Crippen molar-refractivity contribution in [2.24, 2.45) is 5.92 Å². The quantitative estimate of drug-likeness (QED) is 0.130. The van der Waals surface area contributed by atoms with Crippen LogP contribution in [-0.2, 0) is 22.4 Å². The van der Waals surface area contributed by atoms with Crippen LogP contribution in [0.4, 0.5) is 32.0 Å². The molecule has 0 aromatic heterocycles. The monoisotopic (exact) mass is 701 g/mol. The number of carbonyl (C=O) groups is 3. The molecule has 3 aromatic carbocycles. The van der Waals surface area contributed by atoms with Crippen LogP contribution in [0.3, 0.4) is 0 Å². The number of halogens is 10. The molecule has 0 aliphatic heterocycles. The third-order valence-corrected chi connectivity index (χ3v) is 8.91. The third-order valence-electron chi connectivity index (χ3n) is 6.56. The molecule has 0 saturated heterocycles. The molecule has 43 heavy (non-hydrogen) atoms. The first kappa shape index (κ1) is 33.5. The van der Waals surface area contributed by atoms with Gasteiger partial charge < -0.3 is 5.32 Å². The second-order valence-electron chi connectivity index (χ2n) is 9.54. The normalized spacial score (nSPS) is 17.4. The van der Waals surface area contributed by atoms with Crippen LogP contribution in [-0.4, -0.2) is 33.1 Å². The van der Waals surface area contributed by atoms with E-state index in [2.05, 4.69) is 5.32 Å². The van der Waals surface area contributed by atoms with E-state index < -0.39 is 92.5 Å². The van der Waals surface area contributed by atoms with E-state index >= 15 is 4.39 Å². The number of Topliss-reactive ketones (excluding diaryl/α,β-unsaturated/α-hetero) is 2. The Morgan fingerprint density at radius 1 is 0.884 bits per heavy atom. The molecular weight excluding hydrogens is 686 g/mol. The maximum absolute atomic E-state index is 15.1. The number of alkyl halides is 5. The standard InChI is InChI=1S/C28H17Cl4F6NO3S/c29-18-4-3-14(39-26(42)24-23(27(24,31)32)12-1-6-21(34)19(30)7-12)9-16(18)22(41)8-13-2-5-20(33)17(25(13)35)10-15(40)11-43-28(36,37)38/h1-7,9,23-24H,8,10-11H2,(H,39,42)/t23-,24+/m0/s1. The average molecular weight is 703 g/mol. The van der Waals surface area contributed by atoms with Crippen LogP contribution in [0.5, 0.6) is 0 Å². The molecule has 0 spiro atoms. The number of amides is 1. The molecule has 4 rings (SSSR count). The summed E-state index contributed by atoms with van der Waals surface area (Å²) in [6.07, 6.45) is -1.59. The van der Waals surface area contributed by atoms with Gasteiger partial charge in [0.1, 0.15) is 27.6 Å². The molecule has 0 radical (unpaired) electrons. The van der Waals surface area contributed by atoms with Crippen LogP contribution >= 0.6 is 58.2 Å². The summed E-state index contributed by atoms with van der Waals surface area (Å²) in [5, 5.41) is 2.34. The Labute approximate surface area is 265 Å². The molecule has 0 unspecified atom stereocenters. The minimum atomic E-state index is -4.69. The van der Waals surface area contributed by atoms with Crippen LogP contribution in [0.15, 0.2) is 48.5 Å². The van der Waals surface area contributed by atoms with Gasteiger partial charge >= 0.3 is 5.51 Å². The van der Waals surface area contributed by atoms with E-state index in [-0.39, 0.29) is 26.9 Å². The highest BCUT2D eigenvalue weighted by Crippen LogP contribution is 2.65. The van der Waals surface area contributed by atoms with Gasteiger partial charge in [0.2, 0.25) is 5.91 Å². The average Bonchev–Trinajstić information content (AvgIpc) is 3.50. The van der Waals surface area contributed by atoms with Crippen molar-refractivity contribution in [3.8, 4) is 0 Å². The van der Waals surface area contributed by atoms with Crippen LogP contribution in [0.1, 0.15) is 33.0 Å². The van der Waals surface area contributed by atoms with E-state index in [4.69, 9.17) is 46.4 Å². The van der Waals surface area contributed by atoms with Crippen molar-refractivity contribution in [1.29, 1.82) is 0 Å². The van der Waals surface area contributed by atoms with Gasteiger partial charge in [0.15, 0.2) is 5.78 Å². The van der Waals surface area contributed by atoms with E-state index in [1.807, 2.05) is 0 Å². The summed E-state index contributed by atoms with van der Waals surface area (Å²) in [5.74, 6) is -8.21. The van der Waals surface area contributed by atoms with Gasteiger partial charge in [-0.15, -0.1) is 23.2 Å². The maximum Gasteiger partial charge on any atom is 0.442 e. The van der Waals surface area contributed by atoms with Crippen molar-refractivity contribution in [3.63, 3.8) is 0 Å². The highest BCUT2D eigenvalue weighted by molar-refractivity contribution is 8.00. The SMILES string of the molecule is O=C(CSC(F)(F)F)Cc1c(F)ccc(CC(=O)c2cc(NC(=O)[C@H]3[C@H](c4ccc(F)c(Cl)c4)C3(Cl)Cl)ccc2Cl)c1F. The fraction of sp³-hybridized carbons (Fsp3) is 0.250. The minimum absolute atomic E-state index is 0.0561. The number of hydrogen-bond donors (Lipinski definition) is 1. The molecule has 2 atom stereocenters. The van der Waals surface area contributed by atoms with Crippen LogP contribution < -0.4 is 5.32 Å². The van der Waals surface area contributed by atoms with Crippen molar-refractivity contribution in [1.82, 2.24) is 0 Å². The zero-order valence-electron chi connectivity index (χ0n) is 21.3. The fourth-order valence-corrected chi connectivity index (χ4v) is 6.10. The molecule has 1 saturated carbocycles. The van der Waals surface area contributed by atoms with Crippen molar-refractivity contribution >= 4 is 81.3 Å². The summed E-state index contributed by atoms with van der Waals surface area (Å²) in [4.78, 5) is 38.0. The van der Waals surface area contributed by atoms with Gasteiger partial charge in [-0.1, -0.05) is 35.3 Å². The van der Waals surface area contributed by atoms with Gasteiger partial charge in [-0.2, -0.15) is 13.2 Å². The number of rotatable bonds is 10. The van der Waals surface area contributed by atoms with E-state index in [1.54, 1.807) is 0 Å². The number of thioether (sulfide) groups is 1. The Balaban J connectivity index is 1.48. The smallest absolute Gasteiger partial charge is 0.326 e. The summed E-state index contributed by atoms with van der Waals surface area (Å²) in [6, 6.07) is 9.49. The Kier molecular flexibility index (Phi) is 10.0. The van der Waals surface area contributed by atoms with Crippen LogP contribution in [0.2, 0.25) is 10.0 Å². The molecule has 15 heteroatoms. The molecule has 1 aliphatic rings. The van der Waals surface area contributed by atoms with Gasteiger partial charge in [-0.25, -0.2) is 13.2 Å². The number of benzene rings is 3. The number of ketones is 2. The van der Waals surface area contributed by atoms with E-state index in [1.165, 1.54) is 30.3 Å². The van der Waals surface area contributed by atoms with E-state index in [0.29, 0.717) is 5.56 Å². The zero-order valence-corrected chi connectivity index (χ0v) is 25.1. The molecular formula is C28H17Cl4F6NO3S. The van der Waals surface area contributed by atoms with Gasteiger partial charge in [-0.3, -0.25) is 14.4 Å². The second-order valence-corrected chi connectivity index (χ2v) is 12.8. The zero-order chi connectivity index (χ0) is 31.9. The Hall–Kier alpha value is -2.44. The highest BCUT2D eigenvalue weighted by Gasteiger charge is 2.67. The highest BCUT2D eigenvalue weighted by atomic mass is 35.5. The molecule has 0 heterocycles. The van der Waals surface area contributed by atoms with Crippen molar-refractivity contribution in [2.75, 3.05) is 11.1 Å². The molecule has 1 aliphatic carbocycles. The van der Waals surface area contributed by atoms with Crippen molar-refractivity contribution in [3.05, 3.63) is 98.3 Å². The van der Waals surface area contributed by atoms with Gasteiger partial charge in [0.05, 0.1) is 21.7 Å². The summed E-state index contributed by atoms with van der Waals surface area (Å²) < 4.78 is 78.5. The Bertz CT molecular complexity index is 1620. The summed E-state index contributed by atoms with van der Waals surface area (Å²) in [6.45, 7) is 0. The summed E-state index contributed by atoms with van der Waals surface area (Å²) >= 11 is 24.0. The molecule has 0 bridgehead atoms. The molecule has 1 amide bonds. The molecule has 1 fully saturated rings. The lowest BCUT2D eigenvalue weighted by Crippen LogP contribution is -2.18. The Morgan fingerprint density at radius 3 is 2.21 bits per heavy atom. The lowest BCUT2D eigenvalue weighted by molar-refractivity contribution is -0.117. The molecule has 3 aromatic rings. The first-order valence-corrected chi connectivity index (χ1v) is 14.6. The molecule has 228 valence electrons. The van der Waals surface area contributed by atoms with Crippen molar-refractivity contribution in [2.45, 2.75) is 28.6 Å². The van der Waals surface area contributed by atoms with E-state index in [0.717, 1.165) is 18.2 Å². The fourth-order valence-electron chi connectivity index (χ4n) is 4.43. The Morgan fingerprint density at radius 2 is 1.56 bits per heavy atom. The lowest BCUT2D eigenvalue weighted by atomic mass is 9.98. The summed E-state index contributed by atoms with van der Waals surface area (Å²) in [7, 11) is 0. The second kappa shape index (κ2) is 12.9. The third kappa shape index (κ3) is 7.81. The van der Waals surface area contributed by atoms with E-state index in [9.17, 15) is 36.3 Å². The first-order chi connectivity index (χ1) is 20.0. The summed E-state index contributed by atoms with van der Waals surface area (Å²) in [5.41, 5.74) is -5.37. The molecule has 1 N–H and O–H groups in total. The van der Waals surface area contributed by atoms with Gasteiger partial charge in [0.25, 0.3) is 0 Å². The number of carbonyl (C=O) groups excluding carboxylic acids is 3. The van der Waals surface area contributed by atoms with Gasteiger partial charge in [-0.05, 0) is 59.3 Å². The predicted molar refractivity (Wildman–Crippen MR) is 154 cm³/mol. The number of nitrogens with one attached hydrogen (secondary N) is 1. The van der Waals surface area contributed by atoms with Crippen LogP contribution in [0.25, 0.3) is 0 Å².